The van der Waals surface area contributed by atoms with Crippen molar-refractivity contribution in [3.05, 3.63) is 39.7 Å². The van der Waals surface area contributed by atoms with Gasteiger partial charge in [0.25, 0.3) is 5.91 Å². The molecule has 2 rings (SSSR count). The predicted molar refractivity (Wildman–Crippen MR) is 76.1 cm³/mol. The van der Waals surface area contributed by atoms with Gasteiger partial charge in [-0.15, -0.1) is 11.3 Å². The maximum atomic E-state index is 11.9. The fraction of sp³-hybridized carbons (Fsp3) is 0.231. The topological polar surface area (TPSA) is 105 Å². The molecule has 0 unspecified atom stereocenters. The standard InChI is InChI=1S/C13H13N3O4S/c1-8-15-11(16-20-8)4-5-14-13(19)9-6-10(21-7-9)2-3-12(17)18/h2-3,6-7H,4-5H2,1H3,(H,14,19)(H,17,18)/b3-2+. The predicted octanol–water partition coefficient (Wildman–Crippen LogP) is 1.51. The highest BCUT2D eigenvalue weighted by molar-refractivity contribution is 7.11. The van der Waals surface area contributed by atoms with E-state index in [1.165, 1.54) is 17.4 Å². The molecule has 7 nitrogen and oxygen atoms in total. The number of carboxylic acids is 1. The van der Waals surface area contributed by atoms with Crippen LogP contribution >= 0.6 is 11.3 Å². The third-order valence-corrected chi connectivity index (χ3v) is 3.37. The van der Waals surface area contributed by atoms with Gasteiger partial charge in [0.05, 0.1) is 5.56 Å². The minimum absolute atomic E-state index is 0.221. The van der Waals surface area contributed by atoms with Gasteiger partial charge in [-0.1, -0.05) is 5.16 Å². The summed E-state index contributed by atoms with van der Waals surface area (Å²) in [6.07, 6.45) is 2.97. The van der Waals surface area contributed by atoms with E-state index in [-0.39, 0.29) is 5.91 Å². The number of aromatic nitrogens is 2. The monoisotopic (exact) mass is 307 g/mol. The number of aryl methyl sites for hydroxylation is 1. The first kappa shape index (κ1) is 14.9. The van der Waals surface area contributed by atoms with Crippen LogP contribution in [0.5, 0.6) is 0 Å². The van der Waals surface area contributed by atoms with Crippen molar-refractivity contribution in [3.8, 4) is 0 Å². The van der Waals surface area contributed by atoms with Crippen molar-refractivity contribution >= 4 is 29.3 Å². The second kappa shape index (κ2) is 6.80. The van der Waals surface area contributed by atoms with Gasteiger partial charge in [0.1, 0.15) is 0 Å². The molecule has 0 bridgehead atoms. The molecule has 0 aliphatic carbocycles. The van der Waals surface area contributed by atoms with Crippen LogP contribution < -0.4 is 5.32 Å². The Morgan fingerprint density at radius 2 is 2.33 bits per heavy atom. The molecule has 0 aliphatic rings. The van der Waals surface area contributed by atoms with Crippen molar-refractivity contribution in [2.75, 3.05) is 6.54 Å². The number of hydrogen-bond donors (Lipinski definition) is 2. The van der Waals surface area contributed by atoms with Gasteiger partial charge in [0.15, 0.2) is 5.82 Å². The van der Waals surface area contributed by atoms with Crippen molar-refractivity contribution in [2.24, 2.45) is 0 Å². The van der Waals surface area contributed by atoms with Crippen molar-refractivity contribution < 1.29 is 19.2 Å². The Balaban J connectivity index is 1.84. The molecule has 0 spiro atoms. The molecule has 2 heterocycles. The van der Waals surface area contributed by atoms with E-state index in [4.69, 9.17) is 9.63 Å². The highest BCUT2D eigenvalue weighted by Gasteiger charge is 2.08. The summed E-state index contributed by atoms with van der Waals surface area (Å²) in [5, 5.41) is 16.7. The molecule has 0 atom stereocenters. The van der Waals surface area contributed by atoms with E-state index in [0.717, 1.165) is 6.08 Å². The average Bonchev–Trinajstić information content (AvgIpc) is 3.05. The summed E-state index contributed by atoms with van der Waals surface area (Å²) in [6, 6.07) is 1.64. The lowest BCUT2D eigenvalue weighted by Crippen LogP contribution is -2.25. The van der Waals surface area contributed by atoms with E-state index in [1.54, 1.807) is 18.4 Å². The van der Waals surface area contributed by atoms with Crippen molar-refractivity contribution in [2.45, 2.75) is 13.3 Å². The van der Waals surface area contributed by atoms with Gasteiger partial charge in [-0.2, -0.15) is 4.98 Å². The molecule has 0 radical (unpaired) electrons. The Morgan fingerprint density at radius 1 is 1.52 bits per heavy atom. The third-order valence-electron chi connectivity index (χ3n) is 2.48. The molecule has 1 amide bonds. The number of carboxylic acid groups (broad SMARTS) is 1. The fourth-order valence-electron chi connectivity index (χ4n) is 1.55. The van der Waals surface area contributed by atoms with Crippen molar-refractivity contribution in [3.63, 3.8) is 0 Å². The van der Waals surface area contributed by atoms with Crippen LogP contribution in [0.2, 0.25) is 0 Å². The second-order valence-electron chi connectivity index (χ2n) is 4.14. The van der Waals surface area contributed by atoms with E-state index in [2.05, 4.69) is 15.5 Å². The molecule has 0 saturated heterocycles. The number of nitrogens with zero attached hydrogens (tertiary/aromatic N) is 2. The molecular formula is C13H13N3O4S. The number of hydrogen-bond acceptors (Lipinski definition) is 6. The van der Waals surface area contributed by atoms with Gasteiger partial charge < -0.3 is 14.9 Å². The average molecular weight is 307 g/mol. The summed E-state index contributed by atoms with van der Waals surface area (Å²) in [4.78, 5) is 27.0. The number of aliphatic carboxylic acids is 1. The largest absolute Gasteiger partial charge is 0.478 e. The molecule has 0 fully saturated rings. The first-order valence-corrected chi connectivity index (χ1v) is 6.99. The zero-order valence-electron chi connectivity index (χ0n) is 11.2. The maximum absolute atomic E-state index is 11.9. The molecule has 0 aromatic carbocycles. The molecule has 0 saturated carbocycles. The maximum Gasteiger partial charge on any atom is 0.328 e. The number of nitrogens with one attached hydrogen (secondary N) is 1. The zero-order chi connectivity index (χ0) is 15.2. The van der Waals surface area contributed by atoms with Gasteiger partial charge in [0, 0.05) is 36.2 Å². The number of carbonyl (C=O) groups excluding carboxylic acids is 1. The SMILES string of the molecule is Cc1nc(CCNC(=O)c2csc(/C=C/C(=O)O)c2)no1. The van der Waals surface area contributed by atoms with Crippen molar-refractivity contribution in [1.82, 2.24) is 15.5 Å². The van der Waals surface area contributed by atoms with Crippen LogP contribution in [0, 0.1) is 6.92 Å². The molecule has 2 aromatic heterocycles. The summed E-state index contributed by atoms with van der Waals surface area (Å²) in [7, 11) is 0. The van der Waals surface area contributed by atoms with Crippen LogP contribution in [-0.2, 0) is 11.2 Å². The van der Waals surface area contributed by atoms with Gasteiger partial charge in [-0.25, -0.2) is 4.79 Å². The highest BCUT2D eigenvalue weighted by Crippen LogP contribution is 2.16. The summed E-state index contributed by atoms with van der Waals surface area (Å²) in [6.45, 7) is 2.10. The van der Waals surface area contributed by atoms with Crippen LogP contribution in [0.4, 0.5) is 0 Å². The van der Waals surface area contributed by atoms with Crippen LogP contribution in [0.15, 0.2) is 22.0 Å². The minimum Gasteiger partial charge on any atom is -0.478 e. The molecular weight excluding hydrogens is 294 g/mol. The molecule has 8 heteroatoms. The molecule has 2 N–H and O–H groups in total. The van der Waals surface area contributed by atoms with Crippen LogP contribution in [0.25, 0.3) is 6.08 Å². The number of thiophene rings is 1. The third kappa shape index (κ3) is 4.53. The highest BCUT2D eigenvalue weighted by atomic mass is 32.1. The molecule has 21 heavy (non-hydrogen) atoms. The quantitative estimate of drug-likeness (QED) is 0.784. The Kier molecular flexibility index (Phi) is 4.83. The Hall–Kier alpha value is -2.48. The number of rotatable bonds is 6. The normalized spacial score (nSPS) is 10.9. The molecule has 2 aromatic rings. The van der Waals surface area contributed by atoms with Gasteiger partial charge in [0.2, 0.25) is 5.89 Å². The summed E-state index contributed by atoms with van der Waals surface area (Å²) in [5.74, 6) is -0.210. The van der Waals surface area contributed by atoms with E-state index < -0.39 is 5.97 Å². The Labute approximate surface area is 124 Å². The summed E-state index contributed by atoms with van der Waals surface area (Å²) >= 11 is 1.30. The first-order valence-electron chi connectivity index (χ1n) is 6.11. The lowest BCUT2D eigenvalue weighted by Gasteiger charge is -2.00. The van der Waals surface area contributed by atoms with E-state index in [9.17, 15) is 9.59 Å². The Bertz CT molecular complexity index is 675. The fourth-order valence-corrected chi connectivity index (χ4v) is 2.33. The van der Waals surface area contributed by atoms with E-state index >= 15 is 0 Å². The lowest BCUT2D eigenvalue weighted by molar-refractivity contribution is -0.131. The Morgan fingerprint density at radius 3 is 3.00 bits per heavy atom. The van der Waals surface area contributed by atoms with Gasteiger partial charge >= 0.3 is 5.97 Å². The molecule has 110 valence electrons. The first-order chi connectivity index (χ1) is 10.0. The second-order valence-corrected chi connectivity index (χ2v) is 5.09. The number of carbonyl (C=O) groups is 2. The number of amides is 1. The van der Waals surface area contributed by atoms with E-state index in [0.29, 0.717) is 35.1 Å². The zero-order valence-corrected chi connectivity index (χ0v) is 12.0. The lowest BCUT2D eigenvalue weighted by atomic mass is 10.2. The summed E-state index contributed by atoms with van der Waals surface area (Å²) in [5.41, 5.74) is 0.495. The van der Waals surface area contributed by atoms with Crippen molar-refractivity contribution in [1.29, 1.82) is 0 Å². The smallest absolute Gasteiger partial charge is 0.328 e. The van der Waals surface area contributed by atoms with Gasteiger partial charge in [-0.05, 0) is 12.1 Å². The van der Waals surface area contributed by atoms with Crippen LogP contribution in [0.1, 0.15) is 27.0 Å². The minimum atomic E-state index is -1.02. The van der Waals surface area contributed by atoms with Gasteiger partial charge in [-0.3, -0.25) is 4.79 Å². The van der Waals surface area contributed by atoms with Crippen LogP contribution in [0.3, 0.4) is 0 Å². The molecule has 0 aliphatic heterocycles. The summed E-state index contributed by atoms with van der Waals surface area (Å²) < 4.78 is 4.83. The van der Waals surface area contributed by atoms with Crippen LogP contribution in [-0.4, -0.2) is 33.7 Å². The van der Waals surface area contributed by atoms with E-state index in [1.807, 2.05) is 0 Å².